The Morgan fingerprint density at radius 1 is 1.54 bits per heavy atom. The number of hydrogen-bond acceptors (Lipinski definition) is 2. The van der Waals surface area contributed by atoms with Gasteiger partial charge in [0.2, 0.25) is 0 Å². The zero-order chi connectivity index (χ0) is 9.68. The maximum atomic E-state index is 9.26. The lowest BCUT2D eigenvalue weighted by Gasteiger charge is -2.22. The standard InChI is InChI=1S/C11H16O2/c1-3-4-5-6-10-7-9(2)8-11(12)13-10/h3-6,8,10-12H,7H2,1-2H3. The van der Waals surface area contributed by atoms with E-state index in [-0.39, 0.29) is 6.10 Å². The normalized spacial score (nSPS) is 29.9. The Bertz CT molecular complexity index is 238. The van der Waals surface area contributed by atoms with Gasteiger partial charge in [-0.25, -0.2) is 0 Å². The highest BCUT2D eigenvalue weighted by atomic mass is 16.6. The third kappa shape index (κ3) is 3.57. The van der Waals surface area contributed by atoms with E-state index in [0.29, 0.717) is 0 Å². The van der Waals surface area contributed by atoms with E-state index in [1.54, 1.807) is 6.08 Å². The minimum atomic E-state index is -0.742. The average molecular weight is 180 g/mol. The van der Waals surface area contributed by atoms with E-state index in [1.165, 1.54) is 5.57 Å². The zero-order valence-corrected chi connectivity index (χ0v) is 8.10. The van der Waals surface area contributed by atoms with Crippen molar-refractivity contribution in [3.8, 4) is 0 Å². The van der Waals surface area contributed by atoms with Crippen LogP contribution in [0.3, 0.4) is 0 Å². The molecule has 0 amide bonds. The summed E-state index contributed by atoms with van der Waals surface area (Å²) in [4.78, 5) is 0. The van der Waals surface area contributed by atoms with Gasteiger partial charge in [0.05, 0.1) is 6.10 Å². The summed E-state index contributed by atoms with van der Waals surface area (Å²) in [6.45, 7) is 3.97. The van der Waals surface area contributed by atoms with Gasteiger partial charge >= 0.3 is 0 Å². The summed E-state index contributed by atoms with van der Waals surface area (Å²) in [5.74, 6) is 0. The Morgan fingerprint density at radius 3 is 2.92 bits per heavy atom. The molecule has 0 aromatic heterocycles. The van der Waals surface area contributed by atoms with Gasteiger partial charge in [-0.2, -0.15) is 0 Å². The number of aliphatic hydroxyl groups is 1. The molecule has 0 radical (unpaired) electrons. The predicted molar refractivity (Wildman–Crippen MR) is 53.2 cm³/mol. The Labute approximate surface area is 79.2 Å². The van der Waals surface area contributed by atoms with Crippen LogP contribution < -0.4 is 0 Å². The number of hydrogen-bond donors (Lipinski definition) is 1. The molecule has 1 aliphatic rings. The van der Waals surface area contributed by atoms with E-state index in [4.69, 9.17) is 4.74 Å². The second-order valence-electron chi connectivity index (χ2n) is 3.19. The molecule has 0 saturated carbocycles. The van der Waals surface area contributed by atoms with Gasteiger partial charge in [-0.05, 0) is 26.3 Å². The smallest absolute Gasteiger partial charge is 0.175 e. The van der Waals surface area contributed by atoms with Gasteiger partial charge in [0.1, 0.15) is 0 Å². The molecular weight excluding hydrogens is 164 g/mol. The summed E-state index contributed by atoms with van der Waals surface area (Å²) in [6.07, 6.45) is 9.67. The first-order valence-electron chi connectivity index (χ1n) is 4.52. The number of allylic oxidation sites excluding steroid dienone is 3. The van der Waals surface area contributed by atoms with Crippen LogP contribution in [-0.2, 0) is 4.74 Å². The van der Waals surface area contributed by atoms with Crippen molar-refractivity contribution < 1.29 is 9.84 Å². The first-order valence-corrected chi connectivity index (χ1v) is 4.52. The van der Waals surface area contributed by atoms with Crippen LogP contribution >= 0.6 is 0 Å². The highest BCUT2D eigenvalue weighted by molar-refractivity contribution is 5.12. The summed E-state index contributed by atoms with van der Waals surface area (Å²) in [5.41, 5.74) is 1.17. The van der Waals surface area contributed by atoms with E-state index in [2.05, 4.69) is 0 Å². The summed E-state index contributed by atoms with van der Waals surface area (Å²) < 4.78 is 5.26. The Balaban J connectivity index is 2.50. The van der Waals surface area contributed by atoms with Crippen LogP contribution in [0.15, 0.2) is 36.0 Å². The van der Waals surface area contributed by atoms with Crippen LogP contribution in [0.1, 0.15) is 20.3 Å². The molecule has 1 aliphatic heterocycles. The second-order valence-corrected chi connectivity index (χ2v) is 3.19. The van der Waals surface area contributed by atoms with Gasteiger partial charge in [-0.15, -0.1) is 0 Å². The van der Waals surface area contributed by atoms with Crippen molar-refractivity contribution in [2.24, 2.45) is 0 Å². The lowest BCUT2D eigenvalue weighted by molar-refractivity contribution is -0.0967. The van der Waals surface area contributed by atoms with Crippen LogP contribution in [0.25, 0.3) is 0 Å². The first-order chi connectivity index (χ1) is 6.22. The van der Waals surface area contributed by atoms with Gasteiger partial charge in [-0.1, -0.05) is 29.9 Å². The molecule has 72 valence electrons. The summed E-state index contributed by atoms with van der Waals surface area (Å²) in [7, 11) is 0. The molecule has 2 nitrogen and oxygen atoms in total. The highest BCUT2D eigenvalue weighted by Crippen LogP contribution is 2.18. The topological polar surface area (TPSA) is 29.5 Å². The molecule has 0 aromatic carbocycles. The second kappa shape index (κ2) is 5.00. The van der Waals surface area contributed by atoms with Crippen molar-refractivity contribution in [2.75, 3.05) is 0 Å². The van der Waals surface area contributed by atoms with E-state index in [0.717, 1.165) is 6.42 Å². The molecule has 0 fully saturated rings. The van der Waals surface area contributed by atoms with Crippen molar-refractivity contribution in [1.82, 2.24) is 0 Å². The average Bonchev–Trinajstić information content (AvgIpc) is 2.03. The van der Waals surface area contributed by atoms with Crippen molar-refractivity contribution >= 4 is 0 Å². The van der Waals surface area contributed by atoms with E-state index < -0.39 is 6.29 Å². The van der Waals surface area contributed by atoms with Crippen molar-refractivity contribution in [3.05, 3.63) is 36.0 Å². The van der Waals surface area contributed by atoms with E-state index in [1.807, 2.05) is 38.2 Å². The summed E-state index contributed by atoms with van der Waals surface area (Å²) in [5, 5.41) is 9.26. The number of aliphatic hydroxyl groups excluding tert-OH is 1. The summed E-state index contributed by atoms with van der Waals surface area (Å²) >= 11 is 0. The van der Waals surface area contributed by atoms with Gasteiger partial charge in [0, 0.05) is 0 Å². The SMILES string of the molecule is CC=CC=CC1CC(C)=CC(O)O1. The third-order valence-corrected chi connectivity index (χ3v) is 1.89. The van der Waals surface area contributed by atoms with Crippen LogP contribution in [0.2, 0.25) is 0 Å². The van der Waals surface area contributed by atoms with Gasteiger partial charge < -0.3 is 9.84 Å². The molecule has 0 aliphatic carbocycles. The highest BCUT2D eigenvalue weighted by Gasteiger charge is 2.16. The van der Waals surface area contributed by atoms with Crippen LogP contribution in [0.5, 0.6) is 0 Å². The molecule has 2 heteroatoms. The molecule has 1 heterocycles. The fourth-order valence-corrected chi connectivity index (χ4v) is 1.31. The molecule has 0 saturated heterocycles. The molecule has 1 N–H and O–H groups in total. The number of ether oxygens (including phenoxy) is 1. The van der Waals surface area contributed by atoms with Crippen molar-refractivity contribution in [1.29, 1.82) is 0 Å². The van der Waals surface area contributed by atoms with E-state index >= 15 is 0 Å². The van der Waals surface area contributed by atoms with E-state index in [9.17, 15) is 5.11 Å². The molecule has 0 spiro atoms. The van der Waals surface area contributed by atoms with Gasteiger partial charge in [-0.3, -0.25) is 0 Å². The number of rotatable bonds is 2. The molecule has 0 bridgehead atoms. The van der Waals surface area contributed by atoms with Crippen molar-refractivity contribution in [3.63, 3.8) is 0 Å². The molecule has 13 heavy (non-hydrogen) atoms. The molecule has 1 rings (SSSR count). The lowest BCUT2D eigenvalue weighted by atomic mass is 10.1. The minimum Gasteiger partial charge on any atom is -0.365 e. The maximum Gasteiger partial charge on any atom is 0.175 e. The zero-order valence-electron chi connectivity index (χ0n) is 8.10. The largest absolute Gasteiger partial charge is 0.365 e. The fraction of sp³-hybridized carbons (Fsp3) is 0.455. The Kier molecular flexibility index (Phi) is 3.93. The molecule has 2 atom stereocenters. The predicted octanol–water partition coefficient (Wildman–Crippen LogP) is 2.17. The van der Waals surface area contributed by atoms with Gasteiger partial charge in [0.25, 0.3) is 0 Å². The van der Waals surface area contributed by atoms with Crippen LogP contribution in [0, 0.1) is 0 Å². The fourth-order valence-electron chi connectivity index (χ4n) is 1.31. The Hall–Kier alpha value is -0.860. The molecule has 2 unspecified atom stereocenters. The summed E-state index contributed by atoms with van der Waals surface area (Å²) in [6, 6.07) is 0. The van der Waals surface area contributed by atoms with Gasteiger partial charge in [0.15, 0.2) is 6.29 Å². The minimum absolute atomic E-state index is 0.0104. The lowest BCUT2D eigenvalue weighted by Crippen LogP contribution is -2.23. The molecular formula is C11H16O2. The van der Waals surface area contributed by atoms with Crippen molar-refractivity contribution in [2.45, 2.75) is 32.7 Å². The first kappa shape index (κ1) is 10.2. The Morgan fingerprint density at radius 2 is 2.31 bits per heavy atom. The third-order valence-electron chi connectivity index (χ3n) is 1.89. The van der Waals surface area contributed by atoms with Crippen LogP contribution in [0.4, 0.5) is 0 Å². The maximum absolute atomic E-state index is 9.26. The molecule has 0 aromatic rings. The quantitative estimate of drug-likeness (QED) is 0.521. The van der Waals surface area contributed by atoms with Crippen LogP contribution in [-0.4, -0.2) is 17.5 Å². The monoisotopic (exact) mass is 180 g/mol.